The van der Waals surface area contributed by atoms with E-state index in [-0.39, 0.29) is 11.5 Å². The molecule has 3 rings (SSSR count). The molecule has 0 aliphatic heterocycles. The Labute approximate surface area is 174 Å². The van der Waals surface area contributed by atoms with Gasteiger partial charge in [-0.1, -0.05) is 5.16 Å². The molecule has 3 aromatic rings. The van der Waals surface area contributed by atoms with Gasteiger partial charge in [0, 0.05) is 36.7 Å². The van der Waals surface area contributed by atoms with Gasteiger partial charge in [-0.15, -0.1) is 0 Å². The molecule has 1 N–H and O–H groups in total. The van der Waals surface area contributed by atoms with Gasteiger partial charge < -0.3 is 14.6 Å². The standard InChI is InChI=1S/C22H26N4O4/c1-4-29-18-7-5-17(6-8-18)20-13-22(28)26(14-24-20)12-11-23-21(27)10-9-19-15(2)25-30-16(19)3/h5-8,13-14H,4,9-12H2,1-3H3,(H,23,27). The topological polar surface area (TPSA) is 99.2 Å². The number of aromatic nitrogens is 3. The highest BCUT2D eigenvalue weighted by molar-refractivity contribution is 5.76. The third kappa shape index (κ3) is 5.34. The third-order valence-electron chi connectivity index (χ3n) is 4.80. The quantitative estimate of drug-likeness (QED) is 0.582. The highest BCUT2D eigenvalue weighted by Crippen LogP contribution is 2.19. The SMILES string of the molecule is CCOc1ccc(-c2cc(=O)n(CCNC(=O)CCc3c(C)noc3C)cn2)cc1. The maximum Gasteiger partial charge on any atom is 0.253 e. The van der Waals surface area contributed by atoms with Gasteiger partial charge in [0.05, 0.1) is 24.3 Å². The Bertz CT molecular complexity index is 1030. The first-order valence-corrected chi connectivity index (χ1v) is 9.96. The minimum atomic E-state index is -0.168. The summed E-state index contributed by atoms with van der Waals surface area (Å²) in [5, 5.41) is 6.72. The number of amides is 1. The summed E-state index contributed by atoms with van der Waals surface area (Å²) in [4.78, 5) is 28.8. The summed E-state index contributed by atoms with van der Waals surface area (Å²) in [5.74, 6) is 1.44. The molecule has 0 radical (unpaired) electrons. The molecule has 1 aromatic carbocycles. The minimum absolute atomic E-state index is 0.0815. The summed E-state index contributed by atoms with van der Waals surface area (Å²) in [6.45, 7) is 6.93. The van der Waals surface area contributed by atoms with Crippen molar-refractivity contribution in [3.63, 3.8) is 0 Å². The number of ether oxygens (including phenoxy) is 1. The smallest absolute Gasteiger partial charge is 0.253 e. The number of carbonyl (C=O) groups is 1. The van der Waals surface area contributed by atoms with Crippen LogP contribution in [0.15, 0.2) is 46.0 Å². The fourth-order valence-electron chi connectivity index (χ4n) is 3.14. The van der Waals surface area contributed by atoms with Crippen LogP contribution < -0.4 is 15.6 Å². The van der Waals surface area contributed by atoms with Crippen molar-refractivity contribution in [2.75, 3.05) is 13.2 Å². The van der Waals surface area contributed by atoms with E-state index in [9.17, 15) is 9.59 Å². The van der Waals surface area contributed by atoms with Gasteiger partial charge >= 0.3 is 0 Å². The van der Waals surface area contributed by atoms with Crippen molar-refractivity contribution in [3.05, 3.63) is 64.0 Å². The Kier molecular flexibility index (Phi) is 7.00. The Morgan fingerprint density at radius 3 is 2.63 bits per heavy atom. The maximum absolute atomic E-state index is 12.4. The zero-order valence-electron chi connectivity index (χ0n) is 17.5. The second kappa shape index (κ2) is 9.87. The average Bonchev–Trinajstić information content (AvgIpc) is 3.06. The zero-order chi connectivity index (χ0) is 21.5. The van der Waals surface area contributed by atoms with Crippen molar-refractivity contribution in [3.8, 4) is 17.0 Å². The summed E-state index contributed by atoms with van der Waals surface area (Å²) in [6.07, 6.45) is 2.42. The number of aryl methyl sites for hydroxylation is 2. The second-order valence-electron chi connectivity index (χ2n) is 6.92. The van der Waals surface area contributed by atoms with E-state index in [4.69, 9.17) is 9.26 Å². The Morgan fingerprint density at radius 1 is 1.23 bits per heavy atom. The second-order valence-corrected chi connectivity index (χ2v) is 6.92. The highest BCUT2D eigenvalue weighted by Gasteiger charge is 2.11. The van der Waals surface area contributed by atoms with Crippen LogP contribution in [-0.4, -0.2) is 33.8 Å². The Hall–Kier alpha value is -3.42. The minimum Gasteiger partial charge on any atom is -0.494 e. The van der Waals surface area contributed by atoms with Gasteiger partial charge in [0.25, 0.3) is 5.56 Å². The number of nitrogens with zero attached hydrogens (tertiary/aromatic N) is 3. The van der Waals surface area contributed by atoms with E-state index in [0.717, 1.165) is 28.3 Å². The highest BCUT2D eigenvalue weighted by atomic mass is 16.5. The van der Waals surface area contributed by atoms with Crippen molar-refractivity contribution in [1.82, 2.24) is 20.0 Å². The van der Waals surface area contributed by atoms with E-state index < -0.39 is 0 Å². The van der Waals surface area contributed by atoms with Crippen LogP contribution in [0.2, 0.25) is 0 Å². The number of benzene rings is 1. The lowest BCUT2D eigenvalue weighted by Crippen LogP contribution is -2.31. The van der Waals surface area contributed by atoms with Crippen LogP contribution in [0.5, 0.6) is 5.75 Å². The molecule has 0 spiro atoms. The maximum atomic E-state index is 12.4. The van der Waals surface area contributed by atoms with Crippen LogP contribution >= 0.6 is 0 Å². The molecule has 0 saturated heterocycles. The molecule has 0 atom stereocenters. The van der Waals surface area contributed by atoms with Gasteiger partial charge in [-0.25, -0.2) is 4.98 Å². The van der Waals surface area contributed by atoms with Crippen LogP contribution in [0, 0.1) is 13.8 Å². The van der Waals surface area contributed by atoms with Crippen LogP contribution in [-0.2, 0) is 17.8 Å². The molecule has 0 aliphatic rings. The first-order valence-electron chi connectivity index (χ1n) is 9.96. The molecule has 0 aliphatic carbocycles. The molecular weight excluding hydrogens is 384 g/mol. The fraction of sp³-hybridized carbons (Fsp3) is 0.364. The van der Waals surface area contributed by atoms with Crippen LogP contribution in [0.4, 0.5) is 0 Å². The summed E-state index contributed by atoms with van der Waals surface area (Å²) in [5.41, 5.74) is 3.05. The number of rotatable bonds is 9. The molecule has 8 nitrogen and oxygen atoms in total. The van der Waals surface area contributed by atoms with E-state index in [1.54, 1.807) is 0 Å². The molecule has 2 heterocycles. The number of nitrogens with one attached hydrogen (secondary N) is 1. The van der Waals surface area contributed by atoms with Gasteiger partial charge in [-0.2, -0.15) is 0 Å². The Morgan fingerprint density at radius 2 is 2.00 bits per heavy atom. The van der Waals surface area contributed by atoms with Crippen molar-refractivity contribution < 1.29 is 14.1 Å². The first-order chi connectivity index (χ1) is 14.5. The third-order valence-corrected chi connectivity index (χ3v) is 4.80. The summed E-state index contributed by atoms with van der Waals surface area (Å²) >= 11 is 0. The van der Waals surface area contributed by atoms with Crippen molar-refractivity contribution in [2.24, 2.45) is 0 Å². The molecule has 0 fully saturated rings. The van der Waals surface area contributed by atoms with Crippen LogP contribution in [0.25, 0.3) is 11.3 Å². The molecule has 2 aromatic heterocycles. The van der Waals surface area contributed by atoms with Crippen molar-refractivity contribution in [1.29, 1.82) is 0 Å². The van der Waals surface area contributed by atoms with E-state index in [1.807, 2.05) is 45.0 Å². The Balaban J connectivity index is 1.51. The van der Waals surface area contributed by atoms with Gasteiger partial charge in [0.15, 0.2) is 0 Å². The fourth-order valence-corrected chi connectivity index (χ4v) is 3.14. The lowest BCUT2D eigenvalue weighted by atomic mass is 10.1. The van der Waals surface area contributed by atoms with Gasteiger partial charge in [-0.3, -0.25) is 14.2 Å². The molecule has 0 bridgehead atoms. The van der Waals surface area contributed by atoms with E-state index in [0.29, 0.717) is 38.2 Å². The first kappa shape index (κ1) is 21.3. The number of carbonyl (C=O) groups excluding carboxylic acids is 1. The van der Waals surface area contributed by atoms with Crippen LogP contribution in [0.3, 0.4) is 0 Å². The lowest BCUT2D eigenvalue weighted by Gasteiger charge is -2.09. The monoisotopic (exact) mass is 410 g/mol. The molecule has 0 unspecified atom stereocenters. The predicted molar refractivity (Wildman–Crippen MR) is 112 cm³/mol. The predicted octanol–water partition coefficient (Wildman–Crippen LogP) is 2.66. The average molecular weight is 410 g/mol. The van der Waals surface area contributed by atoms with Gasteiger partial charge in [-0.05, 0) is 51.5 Å². The van der Waals surface area contributed by atoms with E-state index in [2.05, 4.69) is 15.5 Å². The normalized spacial score (nSPS) is 10.8. The summed E-state index contributed by atoms with van der Waals surface area (Å²) in [7, 11) is 0. The van der Waals surface area contributed by atoms with Gasteiger partial charge in [0.1, 0.15) is 11.5 Å². The van der Waals surface area contributed by atoms with Crippen molar-refractivity contribution >= 4 is 5.91 Å². The summed E-state index contributed by atoms with van der Waals surface area (Å²) in [6, 6.07) is 8.94. The number of hydrogen-bond acceptors (Lipinski definition) is 6. The number of hydrogen-bond donors (Lipinski definition) is 1. The lowest BCUT2D eigenvalue weighted by molar-refractivity contribution is -0.121. The molecular formula is C22H26N4O4. The zero-order valence-corrected chi connectivity index (χ0v) is 17.5. The molecule has 158 valence electrons. The summed E-state index contributed by atoms with van der Waals surface area (Å²) < 4.78 is 12.0. The van der Waals surface area contributed by atoms with E-state index in [1.165, 1.54) is 17.0 Å². The molecule has 0 saturated carbocycles. The van der Waals surface area contributed by atoms with Gasteiger partial charge in [0.2, 0.25) is 5.91 Å². The largest absolute Gasteiger partial charge is 0.494 e. The molecule has 30 heavy (non-hydrogen) atoms. The molecule has 8 heteroatoms. The van der Waals surface area contributed by atoms with Crippen molar-refractivity contribution in [2.45, 2.75) is 40.2 Å². The van der Waals surface area contributed by atoms with Crippen LogP contribution in [0.1, 0.15) is 30.4 Å². The molecule has 1 amide bonds. The van der Waals surface area contributed by atoms with E-state index >= 15 is 0 Å².